The number of hydrogen-bond acceptors (Lipinski definition) is 5. The smallest absolute Gasteiger partial charge is 0.427 e. The first-order chi connectivity index (χ1) is 19.7. The average molecular weight is 568 g/mol. The monoisotopic (exact) mass is 568 g/mol. The number of ether oxygens (including phenoxy) is 1. The van der Waals surface area contributed by atoms with Crippen molar-refractivity contribution in [1.82, 2.24) is 0 Å². The van der Waals surface area contributed by atoms with Gasteiger partial charge in [-0.05, 0) is 116 Å². The number of benzene rings is 3. The standard InChI is InChI=1S/C35H48B2NO4/c1-11-12-13-26-14-20-29(21-15-26)38(30-22-16-27(17-23-30)36-40-33(4,5)32(2,3)39-10)31-24-18-28(19-25-31)37-41-34(6,7)35(8,9)42-37/h14-25H,11-13H2,1-10H3. The number of hydrogen-bond donors (Lipinski definition) is 0. The van der Waals surface area contributed by atoms with Crippen molar-refractivity contribution in [1.29, 1.82) is 0 Å². The summed E-state index contributed by atoms with van der Waals surface area (Å²) in [5.74, 6) is 0. The zero-order valence-corrected chi connectivity index (χ0v) is 27.3. The second-order valence-electron chi connectivity index (χ2n) is 13.3. The lowest BCUT2D eigenvalue weighted by Gasteiger charge is -2.40. The second-order valence-corrected chi connectivity index (χ2v) is 13.3. The number of unbranched alkanes of at least 4 members (excludes halogenated alkanes) is 1. The molecule has 1 saturated heterocycles. The second kappa shape index (κ2) is 12.6. The van der Waals surface area contributed by atoms with E-state index in [1.807, 2.05) is 35.2 Å². The molecule has 1 radical (unpaired) electrons. The average Bonchev–Trinajstić information content (AvgIpc) is 3.18. The van der Waals surface area contributed by atoms with Gasteiger partial charge < -0.3 is 23.6 Å². The van der Waals surface area contributed by atoms with Crippen molar-refractivity contribution in [2.45, 2.75) is 104 Å². The molecule has 0 amide bonds. The van der Waals surface area contributed by atoms with Gasteiger partial charge in [0.2, 0.25) is 0 Å². The molecule has 4 rings (SSSR count). The summed E-state index contributed by atoms with van der Waals surface area (Å²) >= 11 is 0. The van der Waals surface area contributed by atoms with Gasteiger partial charge in [-0.15, -0.1) is 0 Å². The molecule has 1 aliphatic rings. The Kier molecular flexibility index (Phi) is 9.69. The Morgan fingerprint density at radius 1 is 0.738 bits per heavy atom. The summed E-state index contributed by atoms with van der Waals surface area (Å²) in [4.78, 5) is 2.28. The Hall–Kier alpha value is -2.57. The number of aryl methyl sites for hydroxylation is 1. The highest BCUT2D eigenvalue weighted by atomic mass is 16.7. The summed E-state index contributed by atoms with van der Waals surface area (Å²) in [6.45, 7) is 18.7. The summed E-state index contributed by atoms with van der Waals surface area (Å²) in [6.07, 6.45) is 3.48. The lowest BCUT2D eigenvalue weighted by atomic mass is 9.79. The molecule has 1 heterocycles. The molecule has 0 atom stereocenters. The van der Waals surface area contributed by atoms with Crippen molar-refractivity contribution in [2.75, 3.05) is 12.0 Å². The van der Waals surface area contributed by atoms with Crippen LogP contribution in [0.5, 0.6) is 0 Å². The number of anilines is 3. The molecule has 1 fully saturated rings. The maximum Gasteiger partial charge on any atom is 0.494 e. The van der Waals surface area contributed by atoms with E-state index in [9.17, 15) is 0 Å². The summed E-state index contributed by atoms with van der Waals surface area (Å²) < 4.78 is 24.4. The molecule has 223 valence electrons. The zero-order valence-electron chi connectivity index (χ0n) is 27.3. The third-order valence-electron chi connectivity index (χ3n) is 9.29. The fraction of sp³-hybridized carbons (Fsp3) is 0.486. The lowest BCUT2D eigenvalue weighted by molar-refractivity contribution is -0.114. The van der Waals surface area contributed by atoms with Crippen molar-refractivity contribution in [3.8, 4) is 0 Å². The maximum atomic E-state index is 6.29. The molecule has 0 bridgehead atoms. The van der Waals surface area contributed by atoms with Crippen LogP contribution in [0.4, 0.5) is 17.1 Å². The molecular formula is C35H48B2NO4. The van der Waals surface area contributed by atoms with Gasteiger partial charge in [-0.3, -0.25) is 0 Å². The molecule has 0 spiro atoms. The van der Waals surface area contributed by atoms with Gasteiger partial charge in [-0.2, -0.15) is 0 Å². The largest absolute Gasteiger partial charge is 0.494 e. The van der Waals surface area contributed by atoms with Gasteiger partial charge >= 0.3 is 14.6 Å². The predicted molar refractivity (Wildman–Crippen MR) is 177 cm³/mol. The first-order valence-corrected chi connectivity index (χ1v) is 15.2. The van der Waals surface area contributed by atoms with E-state index >= 15 is 0 Å². The van der Waals surface area contributed by atoms with E-state index in [0.29, 0.717) is 0 Å². The minimum Gasteiger partial charge on any atom is -0.427 e. The third-order valence-corrected chi connectivity index (χ3v) is 9.29. The van der Waals surface area contributed by atoms with E-state index < -0.39 is 18.3 Å². The van der Waals surface area contributed by atoms with Crippen LogP contribution in [0.15, 0.2) is 72.8 Å². The molecule has 0 N–H and O–H groups in total. The summed E-state index contributed by atoms with van der Waals surface area (Å²) in [6, 6.07) is 25.9. The quantitative estimate of drug-likeness (QED) is 0.215. The lowest BCUT2D eigenvalue weighted by Crippen LogP contribution is -2.50. The summed E-state index contributed by atoms with van der Waals surface area (Å²) in [5.41, 5.74) is 4.91. The molecule has 7 heteroatoms. The van der Waals surface area contributed by atoms with Crippen molar-refractivity contribution in [2.24, 2.45) is 0 Å². The SMILES string of the molecule is CCCCc1ccc(N(c2ccc([B]OC(C)(C)C(C)(C)OC)cc2)c2ccc(B3OC(C)(C)C(C)(C)O3)cc2)cc1. The Bertz CT molecular complexity index is 1290. The van der Waals surface area contributed by atoms with Gasteiger partial charge in [-0.1, -0.05) is 55.2 Å². The molecular weight excluding hydrogens is 520 g/mol. The van der Waals surface area contributed by atoms with Gasteiger partial charge in [0.15, 0.2) is 0 Å². The van der Waals surface area contributed by atoms with Crippen LogP contribution in [0.2, 0.25) is 0 Å². The van der Waals surface area contributed by atoms with Gasteiger partial charge in [-0.25, -0.2) is 0 Å². The normalized spacial score (nSPS) is 16.5. The van der Waals surface area contributed by atoms with Gasteiger partial charge in [0, 0.05) is 24.2 Å². The highest BCUT2D eigenvalue weighted by molar-refractivity contribution is 6.62. The van der Waals surface area contributed by atoms with Crippen LogP contribution in [0.1, 0.15) is 80.7 Å². The van der Waals surface area contributed by atoms with E-state index in [-0.39, 0.29) is 11.2 Å². The number of nitrogens with zero attached hydrogens (tertiary/aromatic N) is 1. The molecule has 0 aromatic heterocycles. The number of rotatable bonds is 12. The van der Waals surface area contributed by atoms with E-state index in [2.05, 4.69) is 112 Å². The Morgan fingerprint density at radius 2 is 1.21 bits per heavy atom. The summed E-state index contributed by atoms with van der Waals surface area (Å²) in [5, 5.41) is 0. The maximum absolute atomic E-state index is 6.29. The fourth-order valence-electron chi connectivity index (χ4n) is 4.70. The highest BCUT2D eigenvalue weighted by Crippen LogP contribution is 2.38. The van der Waals surface area contributed by atoms with Crippen LogP contribution in [0.3, 0.4) is 0 Å². The molecule has 0 aliphatic carbocycles. The predicted octanol–water partition coefficient (Wildman–Crippen LogP) is 7.26. The Morgan fingerprint density at radius 3 is 1.69 bits per heavy atom. The fourth-order valence-corrected chi connectivity index (χ4v) is 4.70. The molecule has 42 heavy (non-hydrogen) atoms. The van der Waals surface area contributed by atoms with Crippen molar-refractivity contribution in [3.63, 3.8) is 0 Å². The molecule has 5 nitrogen and oxygen atoms in total. The van der Waals surface area contributed by atoms with Gasteiger partial charge in [0.1, 0.15) is 0 Å². The van der Waals surface area contributed by atoms with Crippen molar-refractivity contribution in [3.05, 3.63) is 78.4 Å². The Labute approximate surface area is 255 Å². The minimum absolute atomic E-state index is 0.376. The minimum atomic E-state index is -0.495. The van der Waals surface area contributed by atoms with Crippen molar-refractivity contribution >= 4 is 42.6 Å². The van der Waals surface area contributed by atoms with Gasteiger partial charge in [0.05, 0.1) is 22.4 Å². The Balaban J connectivity index is 1.60. The van der Waals surface area contributed by atoms with Crippen LogP contribution >= 0.6 is 0 Å². The van der Waals surface area contributed by atoms with E-state index in [1.54, 1.807) is 7.11 Å². The highest BCUT2D eigenvalue weighted by Gasteiger charge is 2.51. The van der Waals surface area contributed by atoms with E-state index in [0.717, 1.165) is 34.4 Å². The molecule has 1 aliphatic heterocycles. The van der Waals surface area contributed by atoms with E-state index in [4.69, 9.17) is 18.7 Å². The van der Waals surface area contributed by atoms with Crippen LogP contribution < -0.4 is 15.8 Å². The van der Waals surface area contributed by atoms with Crippen LogP contribution in [-0.4, -0.2) is 44.1 Å². The summed E-state index contributed by atoms with van der Waals surface area (Å²) in [7, 11) is 3.14. The zero-order chi connectivity index (χ0) is 30.8. The van der Waals surface area contributed by atoms with Crippen LogP contribution in [0, 0.1) is 0 Å². The molecule has 3 aromatic carbocycles. The third kappa shape index (κ3) is 6.97. The first-order valence-electron chi connectivity index (χ1n) is 15.2. The first kappa shape index (κ1) is 32.3. The molecule has 3 aromatic rings. The van der Waals surface area contributed by atoms with Crippen LogP contribution in [0.25, 0.3) is 0 Å². The molecule has 0 saturated carbocycles. The molecule has 0 unspecified atom stereocenters. The van der Waals surface area contributed by atoms with E-state index in [1.165, 1.54) is 18.4 Å². The topological polar surface area (TPSA) is 40.2 Å². The van der Waals surface area contributed by atoms with Gasteiger partial charge in [0.25, 0.3) is 0 Å². The number of methoxy groups -OCH3 is 1. The van der Waals surface area contributed by atoms with Crippen molar-refractivity contribution < 1.29 is 18.7 Å². The van der Waals surface area contributed by atoms with Crippen LogP contribution in [-0.2, 0) is 25.1 Å².